The molecule has 1 unspecified atom stereocenters. The van der Waals surface area contributed by atoms with Crippen molar-refractivity contribution in [3.8, 4) is 0 Å². The van der Waals surface area contributed by atoms with Crippen LogP contribution in [-0.4, -0.2) is 17.1 Å². The molecule has 0 spiro atoms. The third-order valence-electron chi connectivity index (χ3n) is 3.46. The summed E-state index contributed by atoms with van der Waals surface area (Å²) in [5.41, 5.74) is -0.643. The summed E-state index contributed by atoms with van der Waals surface area (Å²) >= 11 is 1.08. The molecule has 0 aliphatic carbocycles. The van der Waals surface area contributed by atoms with Gasteiger partial charge in [0, 0.05) is 23.6 Å². The number of anilines is 2. The van der Waals surface area contributed by atoms with Gasteiger partial charge in [-0.1, -0.05) is 13.0 Å². The zero-order valence-electron chi connectivity index (χ0n) is 14.4. The highest BCUT2D eigenvalue weighted by molar-refractivity contribution is 8.00. The number of nitrogens with one attached hydrogen (secondary N) is 2. The number of halogens is 4. The van der Waals surface area contributed by atoms with Gasteiger partial charge in [-0.3, -0.25) is 9.59 Å². The van der Waals surface area contributed by atoms with E-state index in [0.29, 0.717) is 10.6 Å². The lowest BCUT2D eigenvalue weighted by Crippen LogP contribution is -2.26. The predicted molar refractivity (Wildman–Crippen MR) is 95.6 cm³/mol. The van der Waals surface area contributed by atoms with Gasteiger partial charge in [0.15, 0.2) is 23.3 Å². The van der Waals surface area contributed by atoms with Gasteiger partial charge in [-0.2, -0.15) is 0 Å². The summed E-state index contributed by atoms with van der Waals surface area (Å²) in [6, 6.07) is 6.71. The molecule has 0 heterocycles. The average Bonchev–Trinajstić information content (AvgIpc) is 2.61. The molecule has 144 valence electrons. The van der Waals surface area contributed by atoms with Crippen molar-refractivity contribution < 1.29 is 27.2 Å². The molecule has 2 amide bonds. The Balaban J connectivity index is 2.19. The minimum absolute atomic E-state index is 0.0693. The van der Waals surface area contributed by atoms with Crippen molar-refractivity contribution in [2.24, 2.45) is 0 Å². The van der Waals surface area contributed by atoms with Crippen LogP contribution in [0.25, 0.3) is 0 Å². The Morgan fingerprint density at radius 1 is 1.04 bits per heavy atom. The Hall–Kier alpha value is -2.55. The van der Waals surface area contributed by atoms with E-state index in [-0.39, 0.29) is 18.4 Å². The van der Waals surface area contributed by atoms with Gasteiger partial charge in [0.25, 0.3) is 0 Å². The van der Waals surface area contributed by atoms with Crippen LogP contribution < -0.4 is 10.6 Å². The number of carbonyl (C=O) groups is 2. The Morgan fingerprint density at radius 2 is 1.67 bits per heavy atom. The van der Waals surface area contributed by atoms with Crippen LogP contribution in [0.15, 0.2) is 35.2 Å². The van der Waals surface area contributed by atoms with Crippen molar-refractivity contribution in [2.45, 2.75) is 30.4 Å². The van der Waals surface area contributed by atoms with Gasteiger partial charge >= 0.3 is 0 Å². The Morgan fingerprint density at radius 3 is 2.22 bits per heavy atom. The fraction of sp³-hybridized carbons (Fsp3) is 0.222. The molecule has 0 aliphatic heterocycles. The smallest absolute Gasteiger partial charge is 0.238 e. The number of carbonyl (C=O) groups excluding carboxylic acids is 2. The van der Waals surface area contributed by atoms with E-state index in [0.717, 1.165) is 11.8 Å². The summed E-state index contributed by atoms with van der Waals surface area (Å²) in [7, 11) is 0. The molecule has 0 saturated heterocycles. The van der Waals surface area contributed by atoms with Crippen LogP contribution in [0.4, 0.5) is 28.9 Å². The van der Waals surface area contributed by atoms with Crippen molar-refractivity contribution in [1.29, 1.82) is 0 Å². The molecule has 0 aromatic heterocycles. The number of benzene rings is 2. The fourth-order valence-corrected chi connectivity index (χ4v) is 3.24. The summed E-state index contributed by atoms with van der Waals surface area (Å²) in [5.74, 6) is -7.62. The molecule has 0 aliphatic rings. The highest BCUT2D eigenvalue weighted by Crippen LogP contribution is 2.30. The summed E-state index contributed by atoms with van der Waals surface area (Å²) in [6.45, 7) is 3.02. The molecule has 2 aromatic rings. The van der Waals surface area contributed by atoms with Crippen molar-refractivity contribution in [1.82, 2.24) is 0 Å². The van der Waals surface area contributed by atoms with Gasteiger partial charge in [0.05, 0.1) is 5.25 Å². The average molecular weight is 400 g/mol. The van der Waals surface area contributed by atoms with E-state index in [1.165, 1.54) is 6.92 Å². The molecular formula is C18H16F4N2O2S. The molecule has 2 aromatic carbocycles. The van der Waals surface area contributed by atoms with Crippen LogP contribution in [0, 0.1) is 23.3 Å². The maximum atomic E-state index is 13.7. The summed E-state index contributed by atoms with van der Waals surface area (Å²) in [5, 5.41) is 3.73. The monoisotopic (exact) mass is 400 g/mol. The van der Waals surface area contributed by atoms with Gasteiger partial charge in [-0.15, -0.1) is 11.8 Å². The molecule has 4 nitrogen and oxygen atoms in total. The van der Waals surface area contributed by atoms with E-state index >= 15 is 0 Å². The largest absolute Gasteiger partial charge is 0.326 e. The summed E-state index contributed by atoms with van der Waals surface area (Å²) in [6.07, 6.45) is 0.280. The van der Waals surface area contributed by atoms with Crippen molar-refractivity contribution in [3.05, 3.63) is 53.6 Å². The lowest BCUT2D eigenvalue weighted by molar-refractivity contribution is -0.116. The van der Waals surface area contributed by atoms with E-state index in [1.54, 1.807) is 31.2 Å². The Labute approximate surface area is 157 Å². The normalized spacial score (nSPS) is 11.8. The third-order valence-corrected chi connectivity index (χ3v) is 4.81. The molecule has 2 N–H and O–H groups in total. The molecule has 0 radical (unpaired) electrons. The van der Waals surface area contributed by atoms with Crippen LogP contribution in [0.3, 0.4) is 0 Å². The number of rotatable bonds is 6. The van der Waals surface area contributed by atoms with Gasteiger partial charge < -0.3 is 10.6 Å². The molecule has 1 atom stereocenters. The maximum absolute atomic E-state index is 13.7. The van der Waals surface area contributed by atoms with E-state index < -0.39 is 40.1 Å². The van der Waals surface area contributed by atoms with Gasteiger partial charge in [0.1, 0.15) is 5.69 Å². The second kappa shape index (κ2) is 8.90. The number of hydrogen-bond acceptors (Lipinski definition) is 3. The zero-order chi connectivity index (χ0) is 20.1. The summed E-state index contributed by atoms with van der Waals surface area (Å²) < 4.78 is 54.0. The molecular weight excluding hydrogens is 384 g/mol. The highest BCUT2D eigenvalue weighted by Gasteiger charge is 2.25. The molecule has 27 heavy (non-hydrogen) atoms. The van der Waals surface area contributed by atoms with Crippen molar-refractivity contribution >= 4 is 35.0 Å². The summed E-state index contributed by atoms with van der Waals surface area (Å²) in [4.78, 5) is 24.1. The van der Waals surface area contributed by atoms with Crippen LogP contribution in [-0.2, 0) is 9.59 Å². The van der Waals surface area contributed by atoms with Gasteiger partial charge in [0.2, 0.25) is 11.8 Å². The minimum atomic E-state index is -1.67. The first-order valence-electron chi connectivity index (χ1n) is 7.91. The molecule has 0 fully saturated rings. The number of thioether (sulfide) groups is 1. The molecule has 0 bridgehead atoms. The van der Waals surface area contributed by atoms with E-state index in [1.807, 2.05) is 5.32 Å². The van der Waals surface area contributed by atoms with E-state index in [9.17, 15) is 27.2 Å². The van der Waals surface area contributed by atoms with Gasteiger partial charge in [-0.25, -0.2) is 17.6 Å². The fourth-order valence-electron chi connectivity index (χ4n) is 2.22. The second-order valence-corrected chi connectivity index (χ2v) is 6.83. The van der Waals surface area contributed by atoms with E-state index in [2.05, 4.69) is 5.32 Å². The molecule has 0 saturated carbocycles. The first-order valence-corrected chi connectivity index (χ1v) is 8.79. The van der Waals surface area contributed by atoms with Crippen LogP contribution in [0.5, 0.6) is 0 Å². The van der Waals surface area contributed by atoms with Crippen molar-refractivity contribution in [3.63, 3.8) is 0 Å². The first kappa shape index (κ1) is 20.8. The quantitative estimate of drug-likeness (QED) is 0.419. The predicted octanol–water partition coefficient (Wildman–Crippen LogP) is 4.71. The van der Waals surface area contributed by atoms with Crippen LogP contribution in [0.2, 0.25) is 0 Å². The third kappa shape index (κ3) is 5.22. The lowest BCUT2D eigenvalue weighted by Gasteiger charge is -2.16. The zero-order valence-corrected chi connectivity index (χ0v) is 15.2. The van der Waals surface area contributed by atoms with E-state index in [4.69, 9.17) is 0 Å². The maximum Gasteiger partial charge on any atom is 0.238 e. The first-order chi connectivity index (χ1) is 12.7. The standard InChI is InChI=1S/C18H16F4N2O2S/c1-3-14(27-11-6-4-5-10(7-11)23-9(2)25)18(26)24-17-15(21)12(19)8-13(20)16(17)22/h4-8,14H,3H2,1-2H3,(H,23,25)(H,24,26). The van der Waals surface area contributed by atoms with Crippen LogP contribution >= 0.6 is 11.8 Å². The lowest BCUT2D eigenvalue weighted by atomic mass is 10.2. The number of amides is 2. The molecule has 9 heteroatoms. The van der Waals surface area contributed by atoms with Crippen molar-refractivity contribution in [2.75, 3.05) is 10.6 Å². The Bertz CT molecular complexity index is 850. The Kier molecular flexibility index (Phi) is 6.84. The second-order valence-electron chi connectivity index (χ2n) is 5.56. The van der Waals surface area contributed by atoms with Gasteiger partial charge in [-0.05, 0) is 24.6 Å². The highest BCUT2D eigenvalue weighted by atomic mass is 32.2. The topological polar surface area (TPSA) is 58.2 Å². The number of hydrogen-bond donors (Lipinski definition) is 2. The van der Waals surface area contributed by atoms with Crippen LogP contribution in [0.1, 0.15) is 20.3 Å². The SMILES string of the molecule is CCC(Sc1cccc(NC(C)=O)c1)C(=O)Nc1c(F)c(F)cc(F)c1F. The molecule has 2 rings (SSSR count). The minimum Gasteiger partial charge on any atom is -0.326 e.